The molecule has 0 aliphatic rings. The van der Waals surface area contributed by atoms with Gasteiger partial charge in [0.15, 0.2) is 0 Å². The first-order chi connectivity index (χ1) is 12.4. The summed E-state index contributed by atoms with van der Waals surface area (Å²) in [5, 5.41) is 2.26. The van der Waals surface area contributed by atoms with Crippen LogP contribution in [-0.4, -0.2) is 12.5 Å². The molecule has 0 radical (unpaired) electrons. The SMILES string of the molecule is CCCCOc1ccc(C=CC(=O)Nc2ccccc2C(F)(F)F)cc1. The van der Waals surface area contributed by atoms with E-state index in [-0.39, 0.29) is 5.69 Å². The molecule has 0 aliphatic heterocycles. The first-order valence-corrected chi connectivity index (χ1v) is 8.28. The molecule has 0 aromatic heterocycles. The van der Waals surface area contributed by atoms with Crippen molar-refractivity contribution in [1.29, 1.82) is 0 Å². The van der Waals surface area contributed by atoms with Crippen LogP contribution in [-0.2, 0) is 11.0 Å². The van der Waals surface area contributed by atoms with Gasteiger partial charge in [0.05, 0.1) is 17.9 Å². The van der Waals surface area contributed by atoms with Gasteiger partial charge in [-0.2, -0.15) is 13.2 Å². The standard InChI is InChI=1S/C20H20F3NO2/c1-2-3-14-26-16-11-8-15(9-12-16)10-13-19(25)24-18-7-5-4-6-17(18)20(21,22)23/h4-13H,2-3,14H2,1H3,(H,24,25). The average Bonchev–Trinajstić information content (AvgIpc) is 2.61. The topological polar surface area (TPSA) is 38.3 Å². The Morgan fingerprint density at radius 3 is 2.46 bits per heavy atom. The van der Waals surface area contributed by atoms with Crippen LogP contribution in [0.5, 0.6) is 5.75 Å². The molecule has 0 unspecified atom stereocenters. The van der Waals surface area contributed by atoms with E-state index in [0.717, 1.165) is 30.2 Å². The zero-order valence-corrected chi connectivity index (χ0v) is 14.3. The second-order valence-corrected chi connectivity index (χ2v) is 5.64. The summed E-state index contributed by atoms with van der Waals surface area (Å²) in [6.07, 6.45) is 0.220. The smallest absolute Gasteiger partial charge is 0.418 e. The molecule has 0 saturated heterocycles. The number of benzene rings is 2. The van der Waals surface area contributed by atoms with Crippen molar-refractivity contribution in [2.24, 2.45) is 0 Å². The molecule has 6 heteroatoms. The molecule has 0 fully saturated rings. The van der Waals surface area contributed by atoms with Crippen LogP contribution < -0.4 is 10.1 Å². The minimum absolute atomic E-state index is 0.269. The first kappa shape index (κ1) is 19.6. The van der Waals surface area contributed by atoms with Crippen molar-refractivity contribution < 1.29 is 22.7 Å². The van der Waals surface area contributed by atoms with Crippen molar-refractivity contribution in [3.8, 4) is 5.75 Å². The minimum Gasteiger partial charge on any atom is -0.494 e. The van der Waals surface area contributed by atoms with E-state index < -0.39 is 17.6 Å². The monoisotopic (exact) mass is 363 g/mol. The van der Waals surface area contributed by atoms with Gasteiger partial charge in [0.2, 0.25) is 5.91 Å². The lowest BCUT2D eigenvalue weighted by atomic mass is 10.1. The van der Waals surface area contributed by atoms with Gasteiger partial charge in [-0.1, -0.05) is 37.6 Å². The molecular weight excluding hydrogens is 343 g/mol. The van der Waals surface area contributed by atoms with Crippen LogP contribution in [0.4, 0.5) is 18.9 Å². The number of amides is 1. The second kappa shape index (κ2) is 9.08. The maximum absolute atomic E-state index is 12.9. The summed E-state index contributed by atoms with van der Waals surface area (Å²) < 4.78 is 44.3. The van der Waals surface area contributed by atoms with Gasteiger partial charge < -0.3 is 10.1 Å². The van der Waals surface area contributed by atoms with Crippen molar-refractivity contribution in [2.45, 2.75) is 25.9 Å². The van der Waals surface area contributed by atoms with E-state index in [9.17, 15) is 18.0 Å². The molecule has 0 saturated carbocycles. The molecule has 1 amide bonds. The van der Waals surface area contributed by atoms with Crippen LogP contribution in [0.25, 0.3) is 6.08 Å². The van der Waals surface area contributed by atoms with Gasteiger partial charge in [-0.25, -0.2) is 0 Å². The van der Waals surface area contributed by atoms with E-state index in [2.05, 4.69) is 12.2 Å². The average molecular weight is 363 g/mol. The Morgan fingerprint density at radius 1 is 1.12 bits per heavy atom. The van der Waals surface area contributed by atoms with Crippen molar-refractivity contribution in [3.63, 3.8) is 0 Å². The Balaban J connectivity index is 1.98. The van der Waals surface area contributed by atoms with Crippen molar-refractivity contribution in [1.82, 2.24) is 0 Å². The number of ether oxygens (including phenoxy) is 1. The lowest BCUT2D eigenvalue weighted by Crippen LogP contribution is -2.14. The summed E-state index contributed by atoms with van der Waals surface area (Å²) >= 11 is 0. The molecule has 0 spiro atoms. The van der Waals surface area contributed by atoms with E-state index in [0.29, 0.717) is 6.61 Å². The van der Waals surface area contributed by atoms with Crippen LogP contribution in [0.15, 0.2) is 54.6 Å². The van der Waals surface area contributed by atoms with E-state index in [1.165, 1.54) is 30.4 Å². The van der Waals surface area contributed by atoms with Crippen LogP contribution in [0.2, 0.25) is 0 Å². The number of carbonyl (C=O) groups excluding carboxylic acids is 1. The summed E-state index contributed by atoms with van der Waals surface area (Å²) in [6.45, 7) is 2.72. The highest BCUT2D eigenvalue weighted by molar-refractivity contribution is 6.02. The van der Waals surface area contributed by atoms with Gasteiger partial charge in [-0.3, -0.25) is 4.79 Å². The third-order valence-corrected chi connectivity index (χ3v) is 3.56. The van der Waals surface area contributed by atoms with Gasteiger partial charge in [-0.15, -0.1) is 0 Å². The molecule has 0 aliphatic carbocycles. The first-order valence-electron chi connectivity index (χ1n) is 8.28. The van der Waals surface area contributed by atoms with Gasteiger partial charge in [0.1, 0.15) is 5.75 Å². The number of para-hydroxylation sites is 1. The van der Waals surface area contributed by atoms with Crippen LogP contribution >= 0.6 is 0 Å². The summed E-state index contributed by atoms with van der Waals surface area (Å²) in [7, 11) is 0. The Hall–Kier alpha value is -2.76. The number of carbonyl (C=O) groups is 1. The predicted molar refractivity (Wildman–Crippen MR) is 96.0 cm³/mol. The molecule has 2 aromatic rings. The molecule has 1 N–H and O–H groups in total. The number of nitrogens with one attached hydrogen (secondary N) is 1. The molecule has 26 heavy (non-hydrogen) atoms. The molecular formula is C20H20F3NO2. The zero-order chi connectivity index (χ0) is 19.0. The number of hydrogen-bond donors (Lipinski definition) is 1. The van der Waals surface area contributed by atoms with Gasteiger partial charge in [0, 0.05) is 6.08 Å². The van der Waals surface area contributed by atoms with E-state index in [1.807, 2.05) is 0 Å². The molecule has 2 aromatic carbocycles. The lowest BCUT2D eigenvalue weighted by Gasteiger charge is -2.12. The van der Waals surface area contributed by atoms with Crippen LogP contribution in [0.3, 0.4) is 0 Å². The van der Waals surface area contributed by atoms with Crippen molar-refractivity contribution in [3.05, 3.63) is 65.7 Å². The summed E-state index contributed by atoms with van der Waals surface area (Å²) in [5.74, 6) is 0.101. The van der Waals surface area contributed by atoms with E-state index in [1.54, 1.807) is 24.3 Å². The fraction of sp³-hybridized carbons (Fsp3) is 0.250. The lowest BCUT2D eigenvalue weighted by molar-refractivity contribution is -0.136. The fourth-order valence-electron chi connectivity index (χ4n) is 2.20. The van der Waals surface area contributed by atoms with E-state index in [4.69, 9.17) is 4.74 Å². The Morgan fingerprint density at radius 2 is 1.81 bits per heavy atom. The molecule has 2 rings (SSSR count). The zero-order valence-electron chi connectivity index (χ0n) is 14.3. The molecule has 3 nitrogen and oxygen atoms in total. The summed E-state index contributed by atoms with van der Waals surface area (Å²) in [6, 6.07) is 12.0. The number of rotatable bonds is 7. The maximum atomic E-state index is 12.9. The van der Waals surface area contributed by atoms with Crippen molar-refractivity contribution >= 4 is 17.7 Å². The van der Waals surface area contributed by atoms with Crippen molar-refractivity contribution in [2.75, 3.05) is 11.9 Å². The Kier molecular flexibility index (Phi) is 6.83. The van der Waals surface area contributed by atoms with Gasteiger partial charge in [-0.05, 0) is 42.3 Å². The summed E-state index contributed by atoms with van der Waals surface area (Å²) in [4.78, 5) is 11.9. The van der Waals surface area contributed by atoms with Gasteiger partial charge >= 0.3 is 6.18 Å². The Bertz CT molecular complexity index is 752. The fourth-order valence-corrected chi connectivity index (χ4v) is 2.20. The van der Waals surface area contributed by atoms with Crippen LogP contribution in [0, 0.1) is 0 Å². The molecule has 0 bridgehead atoms. The third kappa shape index (κ3) is 5.95. The maximum Gasteiger partial charge on any atom is 0.418 e. The largest absolute Gasteiger partial charge is 0.494 e. The van der Waals surface area contributed by atoms with E-state index >= 15 is 0 Å². The molecule has 0 heterocycles. The molecule has 138 valence electrons. The second-order valence-electron chi connectivity index (χ2n) is 5.64. The molecule has 0 atom stereocenters. The highest BCUT2D eigenvalue weighted by Gasteiger charge is 2.33. The normalized spacial score (nSPS) is 11.5. The highest BCUT2D eigenvalue weighted by Crippen LogP contribution is 2.34. The summed E-state index contributed by atoms with van der Waals surface area (Å²) in [5.41, 5.74) is -0.406. The van der Waals surface area contributed by atoms with Gasteiger partial charge in [0.25, 0.3) is 0 Å². The third-order valence-electron chi connectivity index (χ3n) is 3.56. The quantitative estimate of drug-likeness (QED) is 0.518. The number of anilines is 1. The number of hydrogen-bond acceptors (Lipinski definition) is 2. The minimum atomic E-state index is -4.53. The number of alkyl halides is 3. The Labute approximate surface area is 150 Å². The number of halogens is 3. The van der Waals surface area contributed by atoms with Crippen LogP contribution in [0.1, 0.15) is 30.9 Å². The number of unbranched alkanes of at least 4 members (excludes halogenated alkanes) is 1. The highest BCUT2D eigenvalue weighted by atomic mass is 19.4. The predicted octanol–water partition coefficient (Wildman–Crippen LogP) is 5.54.